The van der Waals surface area contributed by atoms with E-state index in [1.54, 1.807) is 40.2 Å². The molecule has 0 unspecified atom stereocenters. The first kappa shape index (κ1) is 72.6. The van der Waals surface area contributed by atoms with E-state index in [0.29, 0.717) is 67.5 Å². The van der Waals surface area contributed by atoms with Crippen LogP contribution >= 0.6 is 35.1 Å². The molecule has 0 saturated carbocycles. The Balaban J connectivity index is 0.000000182. The number of carbonyl (C=O) groups is 3. The molecule has 1 N–H and O–H groups in total. The predicted octanol–water partition coefficient (Wildman–Crippen LogP) is 12.4. The van der Waals surface area contributed by atoms with Gasteiger partial charge in [0.1, 0.15) is 34.2 Å². The number of nitrogens with zero attached hydrogens (tertiary/aromatic N) is 15. The lowest BCUT2D eigenvalue weighted by Gasteiger charge is -2.18. The summed E-state index contributed by atoms with van der Waals surface area (Å²) in [5.74, 6) is 2.46. The van der Waals surface area contributed by atoms with Gasteiger partial charge in [0.15, 0.2) is 16.9 Å². The fourth-order valence-electron chi connectivity index (χ4n) is 11.0. The molecule has 506 valence electrons. The van der Waals surface area contributed by atoms with Gasteiger partial charge in [0.05, 0.1) is 41.6 Å². The minimum Gasteiger partial charge on any atom is -0.508 e. The number of thioether (sulfide) groups is 2. The second-order valence-corrected chi connectivity index (χ2v) is 24.7. The maximum absolute atomic E-state index is 13.0. The predicted molar refractivity (Wildman–Crippen MR) is 383 cm³/mol. The van der Waals surface area contributed by atoms with Crippen molar-refractivity contribution in [3.63, 3.8) is 0 Å². The number of hydrogen-bond acceptors (Lipinski definition) is 17. The fraction of sp³-hybridized carbons (Fsp3) is 0.366. The van der Waals surface area contributed by atoms with Gasteiger partial charge in [-0.25, -0.2) is 28.5 Å². The van der Waals surface area contributed by atoms with Crippen LogP contribution in [0.5, 0.6) is 17.2 Å². The van der Waals surface area contributed by atoms with Crippen molar-refractivity contribution < 1.29 is 33.8 Å². The molecule has 22 nitrogen and oxygen atoms in total. The highest BCUT2D eigenvalue weighted by Gasteiger charge is 2.26. The molecule has 0 aliphatic carbocycles. The van der Waals surface area contributed by atoms with E-state index in [2.05, 4.69) is 15.3 Å². The van der Waals surface area contributed by atoms with E-state index in [9.17, 15) is 19.5 Å². The zero-order valence-corrected chi connectivity index (χ0v) is 59.6. The van der Waals surface area contributed by atoms with Crippen molar-refractivity contribution in [1.82, 2.24) is 73.7 Å². The first-order valence-electron chi connectivity index (χ1n) is 32.0. The molecule has 0 fully saturated rings. The summed E-state index contributed by atoms with van der Waals surface area (Å²) < 4.78 is 16.9. The molecule has 11 aromatic rings. The van der Waals surface area contributed by atoms with E-state index >= 15 is 0 Å². The molecule has 0 aliphatic rings. The number of alkyl halides is 1. The summed E-state index contributed by atoms with van der Waals surface area (Å²) in [6.45, 7) is 27.8. The van der Waals surface area contributed by atoms with Gasteiger partial charge in [-0.05, 0) is 204 Å². The number of phenols is 1. The van der Waals surface area contributed by atoms with Crippen LogP contribution in [0.25, 0.3) is 61.7 Å². The van der Waals surface area contributed by atoms with Crippen LogP contribution in [0.3, 0.4) is 0 Å². The molecule has 7 aromatic heterocycles. The molecule has 0 radical (unpaired) electrons. The van der Waals surface area contributed by atoms with E-state index in [0.717, 1.165) is 107 Å². The number of phenolic OH excluding ortho intramolecular Hbond substituents is 1. The van der Waals surface area contributed by atoms with Gasteiger partial charge in [0.2, 0.25) is 17.7 Å². The van der Waals surface area contributed by atoms with Gasteiger partial charge in [-0.15, -0.1) is 40.2 Å². The molecule has 4 aromatic carbocycles. The largest absolute Gasteiger partial charge is 0.508 e. The number of benzene rings is 4. The van der Waals surface area contributed by atoms with Crippen LogP contribution in [-0.4, -0.2) is 166 Å². The SMILES string of the molecule is CCN(CC)C(=O)Cc1c(-c2ccc(O)cc2)nn2c(C)cc(C)nc12.CCN(CC)C(=O)Cc1c(-c2ccc(OCOn3nnc4ccccc43)cc2)nn2c(C)cc(C)nc12.CCN(CC)C(=O)Cc1c(-c2ccc(OCSC)cc2)nn2c(C)cc(C)nc12.CSCCl. The summed E-state index contributed by atoms with van der Waals surface area (Å²) in [4.78, 5) is 65.2. The van der Waals surface area contributed by atoms with Crippen LogP contribution in [0.1, 0.15) is 92.4 Å². The number of likely N-dealkylation sites (N-methyl/N-ethyl adjacent to an activating group) is 3. The van der Waals surface area contributed by atoms with E-state index in [1.165, 1.54) is 4.85 Å². The quantitative estimate of drug-likeness (QED) is 0.0463. The standard InChI is InChI=1S/C27H29N7O3.C22H28N4O2S.C20H24N4O2.C2H5ClS/c1-5-32(6-2)25(35)16-22-26(30-33-19(4)15-18(3)28-27(22)33)20-11-13-21(14-12-20)36-17-37-34-24-10-8-7-9-23(24)29-31-34;1-6-25(7-2)20(27)13-19-21(17-8-10-18(11-9-17)28-14-29-5)24-26-16(4)12-15(3)23-22(19)26;1-5-23(6-2)18(26)12-17-19(15-7-9-16(25)10-8-15)22-24-14(4)11-13(3)21-20(17)24;1-4-2-3/h7-15H,5-6,16-17H2,1-4H3;8-12H,6-7,13-14H2,1-5H3;7-11,25H,5-6,12H2,1-4H3;2H2,1H3. The number of hydrogen-bond donors (Lipinski definition) is 1. The Morgan fingerprint density at radius 3 is 1.21 bits per heavy atom. The number of ether oxygens (including phenoxy) is 2. The van der Waals surface area contributed by atoms with Crippen LogP contribution in [0.4, 0.5) is 0 Å². The Labute approximate surface area is 574 Å². The van der Waals surface area contributed by atoms with Crippen LogP contribution in [0.2, 0.25) is 0 Å². The average Bonchev–Trinajstić information content (AvgIpc) is 1.63. The lowest BCUT2D eigenvalue weighted by molar-refractivity contribution is -0.130. The topological polar surface area (TPSA) is 230 Å². The minimum atomic E-state index is -0.0346. The van der Waals surface area contributed by atoms with Gasteiger partial charge < -0.3 is 34.1 Å². The number of para-hydroxylation sites is 1. The fourth-order valence-corrected chi connectivity index (χ4v) is 11.3. The monoisotopic (exact) mass is 1360 g/mol. The Kier molecular flexibility index (Phi) is 26.0. The summed E-state index contributed by atoms with van der Waals surface area (Å²) in [6, 6.07) is 35.8. The van der Waals surface area contributed by atoms with Crippen LogP contribution in [-0.2, 0) is 33.6 Å². The van der Waals surface area contributed by atoms with Crippen molar-refractivity contribution in [2.75, 3.05) is 69.7 Å². The normalized spacial score (nSPS) is 11.0. The molecule has 0 saturated heterocycles. The van der Waals surface area contributed by atoms with Crippen molar-refractivity contribution in [3.05, 3.63) is 166 Å². The maximum atomic E-state index is 13.0. The number of halogens is 1. The molecule has 0 atom stereocenters. The molecule has 0 aliphatic heterocycles. The summed E-state index contributed by atoms with van der Waals surface area (Å²) >= 11 is 8.40. The lowest BCUT2D eigenvalue weighted by Crippen LogP contribution is -2.31. The number of aromatic hydroxyl groups is 1. The summed E-state index contributed by atoms with van der Waals surface area (Å²) in [7, 11) is 0. The third-order valence-corrected chi connectivity index (χ3v) is 17.1. The Morgan fingerprint density at radius 2 is 0.854 bits per heavy atom. The van der Waals surface area contributed by atoms with Gasteiger partial charge in [0, 0.05) is 107 Å². The first-order chi connectivity index (χ1) is 46.3. The number of aromatic nitrogens is 12. The van der Waals surface area contributed by atoms with Crippen LogP contribution in [0, 0.1) is 41.5 Å². The molecule has 11 rings (SSSR count). The van der Waals surface area contributed by atoms with Crippen molar-refractivity contribution in [2.24, 2.45) is 0 Å². The maximum Gasteiger partial charge on any atom is 0.255 e. The van der Waals surface area contributed by atoms with Gasteiger partial charge in [-0.2, -0.15) is 15.3 Å². The summed E-state index contributed by atoms with van der Waals surface area (Å²) in [5.41, 5.74) is 16.7. The van der Waals surface area contributed by atoms with Crippen LogP contribution < -0.4 is 14.3 Å². The number of aryl methyl sites for hydroxylation is 6. The van der Waals surface area contributed by atoms with Gasteiger partial charge in [-0.1, -0.05) is 17.0 Å². The molecule has 0 bridgehead atoms. The highest BCUT2D eigenvalue weighted by Crippen LogP contribution is 2.33. The van der Waals surface area contributed by atoms with Crippen molar-refractivity contribution in [3.8, 4) is 51.0 Å². The number of rotatable bonds is 23. The molecule has 96 heavy (non-hydrogen) atoms. The van der Waals surface area contributed by atoms with E-state index in [4.69, 9.17) is 51.2 Å². The van der Waals surface area contributed by atoms with E-state index in [1.807, 2.05) is 222 Å². The average molecular weight is 1360 g/mol. The number of amides is 3. The summed E-state index contributed by atoms with van der Waals surface area (Å²) in [6.07, 6.45) is 4.72. The van der Waals surface area contributed by atoms with Crippen molar-refractivity contribution in [1.29, 1.82) is 0 Å². The lowest BCUT2D eigenvalue weighted by atomic mass is 10.0. The van der Waals surface area contributed by atoms with E-state index < -0.39 is 0 Å². The molecule has 25 heteroatoms. The molecule has 3 amide bonds. The Hall–Kier alpha value is -9.26. The smallest absolute Gasteiger partial charge is 0.255 e. The minimum absolute atomic E-state index is 0.0346. The van der Waals surface area contributed by atoms with Gasteiger partial charge in [0.25, 0.3) is 6.79 Å². The number of fused-ring (bicyclic) bond motifs is 4. The second kappa shape index (κ2) is 34.4. The number of carbonyl (C=O) groups excluding carboxylic acids is 3. The van der Waals surface area contributed by atoms with Crippen molar-refractivity contribution >= 4 is 80.8 Å². The zero-order valence-electron chi connectivity index (χ0n) is 57.3. The Bertz CT molecular complexity index is 4410. The molecular formula is C71H86ClN15O7S2. The third kappa shape index (κ3) is 17.6. The second-order valence-electron chi connectivity index (χ2n) is 22.4. The summed E-state index contributed by atoms with van der Waals surface area (Å²) in [5, 5.41) is 32.7. The van der Waals surface area contributed by atoms with Gasteiger partial charge >= 0.3 is 0 Å². The highest BCUT2D eigenvalue weighted by atomic mass is 35.5. The van der Waals surface area contributed by atoms with Crippen molar-refractivity contribution in [2.45, 2.75) is 102 Å². The molecular weight excluding hydrogens is 1270 g/mol. The van der Waals surface area contributed by atoms with Gasteiger partial charge in [-0.3, -0.25) is 14.4 Å². The Morgan fingerprint density at radius 1 is 0.500 bits per heavy atom. The highest BCUT2D eigenvalue weighted by molar-refractivity contribution is 7.99. The van der Waals surface area contributed by atoms with E-state index in [-0.39, 0.29) is 49.5 Å². The molecule has 0 spiro atoms. The third-order valence-electron chi connectivity index (χ3n) is 15.9. The molecule has 7 heterocycles. The zero-order chi connectivity index (χ0) is 69.2. The first-order valence-corrected chi connectivity index (χ1v) is 35.3. The van der Waals surface area contributed by atoms with Crippen LogP contribution in [0.15, 0.2) is 115 Å².